The number of nitrogens with one attached hydrogen (secondary N) is 1. The van der Waals surface area contributed by atoms with Crippen LogP contribution in [0.25, 0.3) is 10.6 Å². The monoisotopic (exact) mass is 395 g/mol. The van der Waals surface area contributed by atoms with Gasteiger partial charge in [-0.15, -0.1) is 11.3 Å². The van der Waals surface area contributed by atoms with Crippen LogP contribution in [0.15, 0.2) is 35.1 Å². The van der Waals surface area contributed by atoms with Crippen LogP contribution in [-0.4, -0.2) is 16.0 Å². The first-order chi connectivity index (χ1) is 12.8. The number of rotatable bonds is 5. The molecule has 0 atom stereocenters. The maximum Gasteiger partial charge on any atom is 0.452 e. The van der Waals surface area contributed by atoms with Gasteiger partial charge in [-0.3, -0.25) is 9.78 Å². The van der Waals surface area contributed by atoms with Crippen LogP contribution in [0.4, 0.5) is 18.9 Å². The van der Waals surface area contributed by atoms with E-state index in [-0.39, 0.29) is 17.2 Å². The summed E-state index contributed by atoms with van der Waals surface area (Å²) in [7, 11) is 0. The Bertz CT molecular complexity index is 963. The topological polar surface area (TPSA) is 68.0 Å². The standard InChI is InChI=1S/C18H16F3N3O2S/c1-3-4-11-7-8-22-9-12(11)23-17(25)14-6-5-13(27-14)15-10(2)16(26-24-15)18(19,20)21/h5-9H,3-4H2,1-2H3,(H,23,25). The van der Waals surface area contributed by atoms with E-state index in [9.17, 15) is 18.0 Å². The summed E-state index contributed by atoms with van der Waals surface area (Å²) in [6, 6.07) is 4.95. The lowest BCUT2D eigenvalue weighted by atomic mass is 10.1. The van der Waals surface area contributed by atoms with Gasteiger partial charge < -0.3 is 9.84 Å². The number of thiophene rings is 1. The predicted octanol–water partition coefficient (Wildman–Crippen LogP) is 5.33. The quantitative estimate of drug-likeness (QED) is 0.634. The number of aryl methyl sites for hydroxylation is 1. The number of pyridine rings is 1. The van der Waals surface area contributed by atoms with E-state index in [0.717, 1.165) is 29.7 Å². The number of alkyl halides is 3. The minimum Gasteiger partial charge on any atom is -0.351 e. The van der Waals surface area contributed by atoms with Gasteiger partial charge in [0, 0.05) is 11.8 Å². The Labute approximate surface area is 157 Å². The third-order valence-corrected chi connectivity index (χ3v) is 5.01. The lowest BCUT2D eigenvalue weighted by Crippen LogP contribution is -2.12. The second kappa shape index (κ2) is 7.51. The molecule has 3 heterocycles. The van der Waals surface area contributed by atoms with E-state index < -0.39 is 11.9 Å². The largest absolute Gasteiger partial charge is 0.452 e. The molecule has 1 N–H and O–H groups in total. The van der Waals surface area contributed by atoms with Crippen LogP contribution in [0, 0.1) is 6.92 Å². The summed E-state index contributed by atoms with van der Waals surface area (Å²) >= 11 is 1.05. The molecular formula is C18H16F3N3O2S. The summed E-state index contributed by atoms with van der Waals surface area (Å²) in [5.74, 6) is -1.48. The third kappa shape index (κ3) is 4.02. The zero-order chi connectivity index (χ0) is 19.6. The number of hydrogen-bond donors (Lipinski definition) is 1. The number of anilines is 1. The molecule has 1 amide bonds. The van der Waals surface area contributed by atoms with Gasteiger partial charge in [-0.05, 0) is 37.1 Å². The second-order valence-corrected chi connectivity index (χ2v) is 6.97. The zero-order valence-corrected chi connectivity index (χ0v) is 15.4. The summed E-state index contributed by atoms with van der Waals surface area (Å²) in [4.78, 5) is 17.3. The van der Waals surface area contributed by atoms with Gasteiger partial charge in [0.1, 0.15) is 5.69 Å². The zero-order valence-electron chi connectivity index (χ0n) is 14.6. The molecule has 0 aliphatic rings. The highest BCUT2D eigenvalue weighted by molar-refractivity contribution is 7.17. The summed E-state index contributed by atoms with van der Waals surface area (Å²) in [5, 5.41) is 6.33. The highest BCUT2D eigenvalue weighted by Gasteiger charge is 2.39. The summed E-state index contributed by atoms with van der Waals surface area (Å²) in [6.07, 6.45) is 0.349. The molecule has 0 spiro atoms. The fourth-order valence-electron chi connectivity index (χ4n) is 2.62. The number of carbonyl (C=O) groups excluding carboxylic acids is 1. The Morgan fingerprint density at radius 2 is 2.07 bits per heavy atom. The van der Waals surface area contributed by atoms with Crippen molar-refractivity contribution in [3.05, 3.63) is 52.4 Å². The number of halogens is 3. The Morgan fingerprint density at radius 1 is 1.30 bits per heavy atom. The van der Waals surface area contributed by atoms with Crippen LogP contribution in [0.1, 0.15) is 39.9 Å². The van der Waals surface area contributed by atoms with Crippen LogP contribution in [0.5, 0.6) is 0 Å². The average molecular weight is 395 g/mol. The first-order valence-corrected chi connectivity index (χ1v) is 9.00. The van der Waals surface area contributed by atoms with Crippen molar-refractivity contribution in [1.82, 2.24) is 10.1 Å². The van der Waals surface area contributed by atoms with Crippen molar-refractivity contribution in [3.8, 4) is 10.6 Å². The molecule has 3 aromatic heterocycles. The Kier molecular flexibility index (Phi) is 5.31. The van der Waals surface area contributed by atoms with Gasteiger partial charge in [0.25, 0.3) is 5.91 Å². The van der Waals surface area contributed by atoms with Crippen molar-refractivity contribution < 1.29 is 22.5 Å². The summed E-state index contributed by atoms with van der Waals surface area (Å²) < 4.78 is 43.0. The summed E-state index contributed by atoms with van der Waals surface area (Å²) in [5.41, 5.74) is 1.57. The SMILES string of the molecule is CCCc1ccncc1NC(=O)c1ccc(-c2noc(C(F)(F)F)c2C)s1. The Balaban J connectivity index is 1.82. The van der Waals surface area contributed by atoms with E-state index in [1.54, 1.807) is 24.5 Å². The van der Waals surface area contributed by atoms with Crippen LogP contribution in [0.3, 0.4) is 0 Å². The molecule has 0 aliphatic carbocycles. The highest BCUT2D eigenvalue weighted by Crippen LogP contribution is 2.38. The molecule has 0 saturated heterocycles. The molecule has 0 radical (unpaired) electrons. The third-order valence-electron chi connectivity index (χ3n) is 3.92. The number of hydrogen-bond acceptors (Lipinski definition) is 5. The first kappa shape index (κ1) is 19.1. The van der Waals surface area contributed by atoms with Crippen LogP contribution < -0.4 is 5.32 Å². The van der Waals surface area contributed by atoms with E-state index >= 15 is 0 Å². The molecule has 0 aromatic carbocycles. The van der Waals surface area contributed by atoms with Crippen molar-refractivity contribution in [2.45, 2.75) is 32.9 Å². The second-order valence-electron chi connectivity index (χ2n) is 5.88. The smallest absolute Gasteiger partial charge is 0.351 e. The molecule has 0 fully saturated rings. The molecule has 0 saturated carbocycles. The summed E-state index contributed by atoms with van der Waals surface area (Å²) in [6.45, 7) is 3.33. The lowest BCUT2D eigenvalue weighted by molar-refractivity contribution is -0.156. The highest BCUT2D eigenvalue weighted by atomic mass is 32.1. The maximum atomic E-state index is 12.9. The Hall–Kier alpha value is -2.68. The minimum atomic E-state index is -4.61. The van der Waals surface area contributed by atoms with Gasteiger partial charge >= 0.3 is 6.18 Å². The van der Waals surface area contributed by atoms with Crippen molar-refractivity contribution in [2.75, 3.05) is 5.32 Å². The fourth-order valence-corrected chi connectivity index (χ4v) is 3.56. The molecule has 142 valence electrons. The molecule has 27 heavy (non-hydrogen) atoms. The van der Waals surface area contributed by atoms with Crippen LogP contribution in [-0.2, 0) is 12.6 Å². The van der Waals surface area contributed by atoms with Gasteiger partial charge in [-0.1, -0.05) is 18.5 Å². The molecular weight excluding hydrogens is 379 g/mol. The molecule has 5 nitrogen and oxygen atoms in total. The molecule has 0 unspecified atom stereocenters. The average Bonchev–Trinajstić information content (AvgIpc) is 3.23. The van der Waals surface area contributed by atoms with Gasteiger partial charge in [-0.25, -0.2) is 0 Å². The van der Waals surface area contributed by atoms with Gasteiger partial charge in [-0.2, -0.15) is 13.2 Å². The van der Waals surface area contributed by atoms with Gasteiger partial charge in [0.05, 0.1) is 21.6 Å². The maximum absolute atomic E-state index is 12.9. The van der Waals surface area contributed by atoms with Crippen molar-refractivity contribution in [1.29, 1.82) is 0 Å². The van der Waals surface area contributed by atoms with Gasteiger partial charge in [0.15, 0.2) is 0 Å². The minimum absolute atomic E-state index is 0.0828. The first-order valence-electron chi connectivity index (χ1n) is 8.19. The van der Waals surface area contributed by atoms with Crippen molar-refractivity contribution in [2.24, 2.45) is 0 Å². The van der Waals surface area contributed by atoms with E-state index in [2.05, 4.69) is 20.0 Å². The van der Waals surface area contributed by atoms with E-state index in [0.29, 0.717) is 15.4 Å². The van der Waals surface area contributed by atoms with Crippen LogP contribution in [0.2, 0.25) is 0 Å². The number of nitrogens with zero attached hydrogens (tertiary/aromatic N) is 2. The molecule has 0 bridgehead atoms. The van der Waals surface area contributed by atoms with Crippen molar-refractivity contribution in [3.63, 3.8) is 0 Å². The fraction of sp³-hybridized carbons (Fsp3) is 0.278. The molecule has 3 aromatic rings. The molecule has 9 heteroatoms. The lowest BCUT2D eigenvalue weighted by Gasteiger charge is -2.08. The predicted molar refractivity (Wildman–Crippen MR) is 95.7 cm³/mol. The van der Waals surface area contributed by atoms with E-state index in [1.165, 1.54) is 6.92 Å². The molecule has 3 rings (SSSR count). The van der Waals surface area contributed by atoms with Gasteiger partial charge in [0.2, 0.25) is 5.76 Å². The van der Waals surface area contributed by atoms with Crippen LogP contribution >= 0.6 is 11.3 Å². The Morgan fingerprint density at radius 3 is 2.74 bits per heavy atom. The number of amides is 1. The number of carbonyl (C=O) groups is 1. The van der Waals surface area contributed by atoms with E-state index in [1.807, 2.05) is 13.0 Å². The number of aromatic nitrogens is 2. The van der Waals surface area contributed by atoms with E-state index in [4.69, 9.17) is 0 Å². The molecule has 0 aliphatic heterocycles. The van der Waals surface area contributed by atoms with Crippen molar-refractivity contribution >= 4 is 22.9 Å². The normalized spacial score (nSPS) is 11.6.